The monoisotopic (exact) mass is 339 g/mol. The van der Waals surface area contributed by atoms with E-state index in [1.165, 1.54) is 25.7 Å². The minimum atomic E-state index is 0.132. The minimum absolute atomic E-state index is 0.132. The number of amides is 1. The summed E-state index contributed by atoms with van der Waals surface area (Å²) in [5.41, 5.74) is 0. The van der Waals surface area contributed by atoms with E-state index in [1.807, 2.05) is 0 Å². The highest BCUT2D eigenvalue weighted by Crippen LogP contribution is 2.25. The summed E-state index contributed by atoms with van der Waals surface area (Å²) < 4.78 is 5.95. The Bertz CT molecular complexity index is 368. The Morgan fingerprint density at radius 2 is 1.79 bits per heavy atom. The summed E-state index contributed by atoms with van der Waals surface area (Å²) in [5, 5.41) is 3.01. The van der Waals surface area contributed by atoms with Gasteiger partial charge in [-0.2, -0.15) is 0 Å². The van der Waals surface area contributed by atoms with Crippen LogP contribution < -0.4 is 5.32 Å². The van der Waals surface area contributed by atoms with Gasteiger partial charge in [0.1, 0.15) is 0 Å². The molecule has 2 fully saturated rings. The van der Waals surface area contributed by atoms with E-state index in [0.29, 0.717) is 37.6 Å². The zero-order chi connectivity index (χ0) is 17.4. The number of carbonyl (C=O) groups excluding carboxylic acids is 1. The molecular weight excluding hydrogens is 302 g/mol. The minimum Gasteiger partial charge on any atom is -0.376 e. The van der Waals surface area contributed by atoms with Crippen molar-refractivity contribution in [2.45, 2.75) is 52.6 Å². The van der Waals surface area contributed by atoms with E-state index < -0.39 is 0 Å². The molecule has 0 bridgehead atoms. The highest BCUT2D eigenvalue weighted by Gasteiger charge is 2.22. The molecular formula is C19H37N3O2. The van der Waals surface area contributed by atoms with Crippen molar-refractivity contribution >= 4 is 5.91 Å². The largest absolute Gasteiger partial charge is 0.376 e. The SMILES string of the molecule is CC(C)CN1CCN(CC(=O)NCCOC2CCCCC2C)CC1. The number of nitrogens with one attached hydrogen (secondary N) is 1. The second-order valence-corrected chi connectivity index (χ2v) is 7.99. The third-order valence-corrected chi connectivity index (χ3v) is 5.24. The van der Waals surface area contributed by atoms with Gasteiger partial charge >= 0.3 is 0 Å². The van der Waals surface area contributed by atoms with Crippen molar-refractivity contribution in [3.8, 4) is 0 Å². The number of piperazine rings is 1. The van der Waals surface area contributed by atoms with Crippen LogP contribution in [0.3, 0.4) is 0 Å². The molecule has 2 atom stereocenters. The average molecular weight is 340 g/mol. The van der Waals surface area contributed by atoms with Gasteiger partial charge in [0.25, 0.3) is 0 Å². The van der Waals surface area contributed by atoms with Gasteiger partial charge in [-0.1, -0.05) is 33.6 Å². The molecule has 5 nitrogen and oxygen atoms in total. The predicted octanol–water partition coefficient (Wildman–Crippen LogP) is 1.97. The Labute approximate surface area is 148 Å². The molecule has 1 heterocycles. The lowest BCUT2D eigenvalue weighted by atomic mass is 9.88. The summed E-state index contributed by atoms with van der Waals surface area (Å²) in [6.45, 7) is 13.9. The van der Waals surface area contributed by atoms with Crippen LogP contribution in [0.4, 0.5) is 0 Å². The van der Waals surface area contributed by atoms with E-state index in [4.69, 9.17) is 4.74 Å². The summed E-state index contributed by atoms with van der Waals surface area (Å²) >= 11 is 0. The van der Waals surface area contributed by atoms with Crippen LogP contribution in [-0.2, 0) is 9.53 Å². The molecule has 1 N–H and O–H groups in total. The average Bonchev–Trinajstić information content (AvgIpc) is 2.54. The number of carbonyl (C=O) groups is 1. The van der Waals surface area contributed by atoms with Gasteiger partial charge in [-0.15, -0.1) is 0 Å². The second kappa shape index (κ2) is 10.4. The maximum atomic E-state index is 12.1. The number of ether oxygens (including phenoxy) is 1. The molecule has 0 radical (unpaired) electrons. The first-order chi connectivity index (χ1) is 11.5. The van der Waals surface area contributed by atoms with Gasteiger partial charge in [0, 0.05) is 39.3 Å². The van der Waals surface area contributed by atoms with Gasteiger partial charge in [-0.25, -0.2) is 0 Å². The summed E-state index contributed by atoms with van der Waals surface area (Å²) in [4.78, 5) is 16.8. The van der Waals surface area contributed by atoms with Crippen LogP contribution in [0.2, 0.25) is 0 Å². The maximum Gasteiger partial charge on any atom is 0.234 e. The van der Waals surface area contributed by atoms with Crippen molar-refractivity contribution in [3.05, 3.63) is 0 Å². The molecule has 1 saturated heterocycles. The molecule has 0 aromatic rings. The number of nitrogens with zero attached hydrogens (tertiary/aromatic N) is 2. The first kappa shape index (κ1) is 19.7. The first-order valence-electron chi connectivity index (χ1n) is 9.87. The zero-order valence-electron chi connectivity index (χ0n) is 15.9. The molecule has 1 saturated carbocycles. The van der Waals surface area contributed by atoms with E-state index in [2.05, 4.69) is 35.9 Å². The van der Waals surface area contributed by atoms with Gasteiger partial charge < -0.3 is 15.0 Å². The van der Waals surface area contributed by atoms with Crippen LogP contribution in [0.25, 0.3) is 0 Å². The molecule has 1 aliphatic carbocycles. The summed E-state index contributed by atoms with van der Waals surface area (Å²) in [5.74, 6) is 1.51. The van der Waals surface area contributed by atoms with Crippen LogP contribution in [0.15, 0.2) is 0 Å². The van der Waals surface area contributed by atoms with E-state index >= 15 is 0 Å². The summed E-state index contributed by atoms with van der Waals surface area (Å²) in [6, 6.07) is 0. The molecule has 2 aliphatic rings. The Morgan fingerprint density at radius 3 is 2.46 bits per heavy atom. The molecule has 0 aromatic heterocycles. The van der Waals surface area contributed by atoms with Crippen molar-refractivity contribution in [1.82, 2.24) is 15.1 Å². The third kappa shape index (κ3) is 7.08. The quantitative estimate of drug-likeness (QED) is 0.687. The van der Waals surface area contributed by atoms with Crippen molar-refractivity contribution in [1.29, 1.82) is 0 Å². The van der Waals surface area contributed by atoms with Crippen LogP contribution in [0.5, 0.6) is 0 Å². The Kier molecular flexibility index (Phi) is 8.50. The third-order valence-electron chi connectivity index (χ3n) is 5.24. The second-order valence-electron chi connectivity index (χ2n) is 7.99. The topological polar surface area (TPSA) is 44.8 Å². The molecule has 1 amide bonds. The predicted molar refractivity (Wildman–Crippen MR) is 98.1 cm³/mol. The first-order valence-corrected chi connectivity index (χ1v) is 9.87. The van der Waals surface area contributed by atoms with Crippen LogP contribution in [0, 0.1) is 11.8 Å². The Balaban J connectivity index is 1.52. The fourth-order valence-electron chi connectivity index (χ4n) is 3.84. The van der Waals surface area contributed by atoms with Crippen LogP contribution in [0.1, 0.15) is 46.5 Å². The Hall–Kier alpha value is -0.650. The molecule has 1 aliphatic heterocycles. The van der Waals surface area contributed by atoms with E-state index in [9.17, 15) is 4.79 Å². The smallest absolute Gasteiger partial charge is 0.234 e. The lowest BCUT2D eigenvalue weighted by molar-refractivity contribution is -0.123. The zero-order valence-corrected chi connectivity index (χ0v) is 15.9. The summed E-state index contributed by atoms with van der Waals surface area (Å²) in [6.07, 6.45) is 5.46. The fraction of sp³-hybridized carbons (Fsp3) is 0.947. The fourth-order valence-corrected chi connectivity index (χ4v) is 3.84. The van der Waals surface area contributed by atoms with E-state index in [1.54, 1.807) is 0 Å². The number of hydrogen-bond donors (Lipinski definition) is 1. The van der Waals surface area contributed by atoms with Crippen molar-refractivity contribution in [2.24, 2.45) is 11.8 Å². The number of rotatable bonds is 8. The molecule has 24 heavy (non-hydrogen) atoms. The van der Waals surface area contributed by atoms with Gasteiger partial charge in [0.2, 0.25) is 5.91 Å². The van der Waals surface area contributed by atoms with Crippen molar-refractivity contribution in [2.75, 3.05) is 52.4 Å². The maximum absolute atomic E-state index is 12.1. The van der Waals surface area contributed by atoms with Gasteiger partial charge in [0.15, 0.2) is 0 Å². The van der Waals surface area contributed by atoms with Gasteiger partial charge in [-0.05, 0) is 24.7 Å². The van der Waals surface area contributed by atoms with Crippen molar-refractivity contribution < 1.29 is 9.53 Å². The standard InChI is InChI=1S/C19H37N3O2/c1-16(2)14-21-9-11-22(12-10-21)15-19(23)20-8-13-24-18-7-5-4-6-17(18)3/h16-18H,4-15H2,1-3H3,(H,20,23). The summed E-state index contributed by atoms with van der Waals surface area (Å²) in [7, 11) is 0. The molecule has 0 aromatic carbocycles. The van der Waals surface area contributed by atoms with Crippen molar-refractivity contribution in [3.63, 3.8) is 0 Å². The molecule has 0 spiro atoms. The number of hydrogen-bond acceptors (Lipinski definition) is 4. The molecule has 140 valence electrons. The van der Waals surface area contributed by atoms with Gasteiger partial charge in [-0.3, -0.25) is 9.69 Å². The van der Waals surface area contributed by atoms with Crippen LogP contribution in [-0.4, -0.2) is 74.2 Å². The molecule has 5 heteroatoms. The Morgan fingerprint density at radius 1 is 1.12 bits per heavy atom. The van der Waals surface area contributed by atoms with Gasteiger partial charge in [0.05, 0.1) is 19.3 Å². The highest BCUT2D eigenvalue weighted by atomic mass is 16.5. The lowest BCUT2D eigenvalue weighted by Gasteiger charge is -2.35. The molecule has 2 rings (SSSR count). The normalized spacial score (nSPS) is 26.7. The lowest BCUT2D eigenvalue weighted by Crippen LogP contribution is -2.50. The molecule has 2 unspecified atom stereocenters. The van der Waals surface area contributed by atoms with E-state index in [-0.39, 0.29) is 5.91 Å². The van der Waals surface area contributed by atoms with Crippen LogP contribution >= 0.6 is 0 Å². The highest BCUT2D eigenvalue weighted by molar-refractivity contribution is 5.77. The van der Waals surface area contributed by atoms with E-state index in [0.717, 1.165) is 32.7 Å².